The number of halogens is 1. The van der Waals surface area contributed by atoms with Crippen molar-refractivity contribution < 1.29 is 17.6 Å². The van der Waals surface area contributed by atoms with E-state index in [4.69, 9.17) is 0 Å². The highest BCUT2D eigenvalue weighted by Crippen LogP contribution is 2.22. The van der Waals surface area contributed by atoms with Crippen molar-refractivity contribution in [2.24, 2.45) is 0 Å². The zero-order valence-corrected chi connectivity index (χ0v) is 16.8. The second-order valence-electron chi connectivity index (χ2n) is 6.63. The molecule has 2 rings (SSSR count). The number of aryl methyl sites for hydroxylation is 2. The minimum Gasteiger partial charge on any atom is -0.348 e. The van der Waals surface area contributed by atoms with Crippen molar-refractivity contribution in [2.75, 3.05) is 17.1 Å². The number of amides is 1. The van der Waals surface area contributed by atoms with Gasteiger partial charge in [-0.2, -0.15) is 0 Å². The van der Waals surface area contributed by atoms with Crippen LogP contribution in [-0.2, 0) is 14.8 Å². The van der Waals surface area contributed by atoms with E-state index in [-0.39, 0.29) is 18.3 Å². The third-order valence-corrected chi connectivity index (χ3v) is 5.49. The molecule has 0 heterocycles. The lowest BCUT2D eigenvalue weighted by Gasteiger charge is -2.25. The lowest BCUT2D eigenvalue weighted by molar-refractivity contribution is -0.120. The van der Waals surface area contributed by atoms with Crippen LogP contribution in [0.25, 0.3) is 0 Å². The van der Waals surface area contributed by atoms with Gasteiger partial charge in [-0.25, -0.2) is 12.8 Å². The molecular weight excluding hydrogens is 367 g/mol. The van der Waals surface area contributed by atoms with Gasteiger partial charge in [0.25, 0.3) is 0 Å². The molecule has 0 unspecified atom stereocenters. The van der Waals surface area contributed by atoms with E-state index in [0.717, 1.165) is 39.4 Å². The fourth-order valence-electron chi connectivity index (χ4n) is 2.99. The monoisotopic (exact) mass is 392 g/mol. The number of carbonyl (C=O) groups is 1. The topological polar surface area (TPSA) is 66.5 Å². The van der Waals surface area contributed by atoms with Crippen LogP contribution < -0.4 is 9.62 Å². The normalized spacial score (nSPS) is 12.5. The Morgan fingerprint density at radius 2 is 1.78 bits per heavy atom. The second-order valence-corrected chi connectivity index (χ2v) is 8.54. The van der Waals surface area contributed by atoms with Gasteiger partial charge in [0, 0.05) is 0 Å². The Kier molecular flexibility index (Phi) is 6.59. The van der Waals surface area contributed by atoms with Crippen LogP contribution in [0, 0.1) is 19.7 Å². The Labute approximate surface area is 160 Å². The summed E-state index contributed by atoms with van der Waals surface area (Å²) < 4.78 is 38.3. The summed E-state index contributed by atoms with van der Waals surface area (Å²) in [5, 5.41) is 2.91. The Hall–Kier alpha value is -2.41. The Balaban J connectivity index is 2.20. The summed E-state index contributed by atoms with van der Waals surface area (Å²) in [5.41, 5.74) is 3.45. The molecule has 0 spiro atoms. The van der Waals surface area contributed by atoms with Crippen LogP contribution in [0.15, 0.2) is 42.5 Å². The van der Waals surface area contributed by atoms with Crippen LogP contribution in [-0.4, -0.2) is 27.1 Å². The highest BCUT2D eigenvalue weighted by Gasteiger charge is 2.23. The molecule has 0 aliphatic carbocycles. The first-order chi connectivity index (χ1) is 12.6. The lowest BCUT2D eigenvalue weighted by atomic mass is 9.97. The van der Waals surface area contributed by atoms with E-state index in [1.165, 1.54) is 12.1 Å². The molecule has 0 aliphatic heterocycles. The summed E-state index contributed by atoms with van der Waals surface area (Å²) in [5.74, 6) is -0.894. The van der Waals surface area contributed by atoms with Crippen molar-refractivity contribution in [3.8, 4) is 0 Å². The summed E-state index contributed by atoms with van der Waals surface area (Å²) >= 11 is 0. The first kappa shape index (κ1) is 20.9. The number of nitrogens with one attached hydrogen (secondary N) is 1. The number of anilines is 1. The van der Waals surface area contributed by atoms with Crippen molar-refractivity contribution in [1.29, 1.82) is 0 Å². The zero-order valence-electron chi connectivity index (χ0n) is 16.0. The molecule has 0 aliphatic rings. The fourth-order valence-corrected chi connectivity index (χ4v) is 3.85. The predicted molar refractivity (Wildman–Crippen MR) is 106 cm³/mol. The number of carbonyl (C=O) groups excluding carboxylic acids is 1. The van der Waals surface area contributed by atoms with Gasteiger partial charge in [0.2, 0.25) is 15.9 Å². The molecule has 1 amide bonds. The molecule has 0 fully saturated rings. The highest BCUT2D eigenvalue weighted by molar-refractivity contribution is 7.92. The van der Waals surface area contributed by atoms with Gasteiger partial charge in [-0.15, -0.1) is 0 Å². The molecule has 2 aromatic rings. The van der Waals surface area contributed by atoms with E-state index in [0.29, 0.717) is 6.42 Å². The standard InChI is InChI=1S/C20H25FN2O3S/c1-5-19(18-11-6-14(2)12-15(18)3)22-20(24)13-23(27(4,25)26)17-9-7-16(21)8-10-17/h6-12,19H,5,13H2,1-4H3,(H,22,24)/t19-/m0/s1. The molecule has 5 nitrogen and oxygen atoms in total. The second kappa shape index (κ2) is 8.52. The van der Waals surface area contributed by atoms with Gasteiger partial charge < -0.3 is 5.32 Å². The third kappa shape index (κ3) is 5.53. The van der Waals surface area contributed by atoms with Gasteiger partial charge in [0.15, 0.2) is 0 Å². The molecule has 27 heavy (non-hydrogen) atoms. The van der Waals surface area contributed by atoms with Crippen LogP contribution in [0.3, 0.4) is 0 Å². The molecule has 2 aromatic carbocycles. The van der Waals surface area contributed by atoms with E-state index in [9.17, 15) is 17.6 Å². The van der Waals surface area contributed by atoms with E-state index in [1.54, 1.807) is 0 Å². The number of sulfonamides is 1. The lowest BCUT2D eigenvalue weighted by Crippen LogP contribution is -2.41. The molecule has 1 atom stereocenters. The smallest absolute Gasteiger partial charge is 0.241 e. The average Bonchev–Trinajstić information content (AvgIpc) is 2.58. The summed E-state index contributed by atoms with van der Waals surface area (Å²) in [6.45, 7) is 5.58. The Morgan fingerprint density at radius 3 is 2.30 bits per heavy atom. The molecule has 146 valence electrons. The maximum absolute atomic E-state index is 13.1. The first-order valence-electron chi connectivity index (χ1n) is 8.71. The maximum Gasteiger partial charge on any atom is 0.241 e. The van der Waals surface area contributed by atoms with Crippen LogP contribution in [0.1, 0.15) is 36.1 Å². The molecule has 1 N–H and O–H groups in total. The van der Waals surface area contributed by atoms with Crippen LogP contribution in [0.4, 0.5) is 10.1 Å². The summed E-state index contributed by atoms with van der Waals surface area (Å²) in [4.78, 5) is 12.6. The summed E-state index contributed by atoms with van der Waals surface area (Å²) in [6, 6.07) is 10.8. The zero-order chi connectivity index (χ0) is 20.2. The van der Waals surface area contributed by atoms with E-state index < -0.39 is 21.7 Å². The van der Waals surface area contributed by atoms with Gasteiger partial charge in [0.05, 0.1) is 18.0 Å². The van der Waals surface area contributed by atoms with Crippen molar-refractivity contribution in [1.82, 2.24) is 5.32 Å². The van der Waals surface area contributed by atoms with Gasteiger partial charge in [0.1, 0.15) is 12.4 Å². The molecule has 0 radical (unpaired) electrons. The molecule has 0 saturated carbocycles. The number of benzene rings is 2. The van der Waals surface area contributed by atoms with Crippen LogP contribution in [0.5, 0.6) is 0 Å². The first-order valence-corrected chi connectivity index (χ1v) is 10.6. The Bertz CT molecular complexity index is 911. The highest BCUT2D eigenvalue weighted by atomic mass is 32.2. The van der Waals surface area contributed by atoms with E-state index in [1.807, 2.05) is 39.0 Å². The molecule has 0 saturated heterocycles. The fraction of sp³-hybridized carbons (Fsp3) is 0.350. The average molecular weight is 392 g/mol. The molecule has 0 aromatic heterocycles. The van der Waals surface area contributed by atoms with E-state index >= 15 is 0 Å². The predicted octanol–water partition coefficient (Wildman–Crippen LogP) is 3.48. The minimum absolute atomic E-state index is 0.215. The maximum atomic E-state index is 13.1. The van der Waals surface area contributed by atoms with Crippen molar-refractivity contribution in [3.63, 3.8) is 0 Å². The number of hydrogen-bond donors (Lipinski definition) is 1. The quantitative estimate of drug-likeness (QED) is 0.785. The summed E-state index contributed by atoms with van der Waals surface area (Å²) in [7, 11) is -3.70. The number of hydrogen-bond acceptors (Lipinski definition) is 3. The van der Waals surface area contributed by atoms with Crippen LogP contribution >= 0.6 is 0 Å². The molecule has 0 bridgehead atoms. The Morgan fingerprint density at radius 1 is 1.15 bits per heavy atom. The van der Waals surface area contributed by atoms with Gasteiger partial charge in [-0.1, -0.05) is 30.7 Å². The van der Waals surface area contributed by atoms with Crippen LogP contribution in [0.2, 0.25) is 0 Å². The van der Waals surface area contributed by atoms with Crippen molar-refractivity contribution in [2.45, 2.75) is 33.2 Å². The number of rotatable bonds is 7. The largest absolute Gasteiger partial charge is 0.348 e. The van der Waals surface area contributed by atoms with Gasteiger partial charge in [-0.05, 0) is 55.7 Å². The SMILES string of the molecule is CC[C@H](NC(=O)CN(c1ccc(F)cc1)S(C)(=O)=O)c1ccc(C)cc1C. The number of nitrogens with zero attached hydrogens (tertiary/aromatic N) is 1. The summed E-state index contributed by atoms with van der Waals surface area (Å²) in [6.07, 6.45) is 1.69. The third-order valence-electron chi connectivity index (χ3n) is 4.35. The molecule has 7 heteroatoms. The van der Waals surface area contributed by atoms with E-state index in [2.05, 4.69) is 5.32 Å². The van der Waals surface area contributed by atoms with Crippen molar-refractivity contribution in [3.05, 3.63) is 65.0 Å². The van der Waals surface area contributed by atoms with Gasteiger partial charge in [-0.3, -0.25) is 9.10 Å². The molecular formula is C20H25FN2O3S. The minimum atomic E-state index is -3.70. The van der Waals surface area contributed by atoms with Gasteiger partial charge >= 0.3 is 0 Å². The van der Waals surface area contributed by atoms with Crippen molar-refractivity contribution >= 4 is 21.6 Å².